The van der Waals surface area contributed by atoms with E-state index in [1.807, 2.05) is 13.8 Å². The highest BCUT2D eigenvalue weighted by Gasteiger charge is 2.34. The Hall–Kier alpha value is -4.68. The molecule has 2 saturated heterocycles. The zero-order valence-corrected chi connectivity index (χ0v) is 44.3. The van der Waals surface area contributed by atoms with Crippen LogP contribution in [0.5, 0.6) is 5.75 Å². The Bertz CT molecular complexity index is 2930. The van der Waals surface area contributed by atoms with Gasteiger partial charge in [0.15, 0.2) is 17.1 Å². The summed E-state index contributed by atoms with van der Waals surface area (Å²) in [6.45, 7) is 8.55. The number of esters is 1. The average Bonchev–Trinajstić information content (AvgIpc) is 3.83. The summed E-state index contributed by atoms with van der Waals surface area (Å²) in [6, 6.07) is 18.7. The number of ether oxygens (including phenoxy) is 5. The van der Waals surface area contributed by atoms with Crippen molar-refractivity contribution in [2.75, 3.05) is 37.1 Å². The average molecular weight is 1260 g/mol. The van der Waals surface area contributed by atoms with Crippen LogP contribution in [-0.2, 0) is 56.8 Å². The maximum Gasteiger partial charge on any atom is 0.352 e. The minimum atomic E-state index is -0.883. The highest BCUT2D eigenvalue weighted by atomic mass is 127. The van der Waals surface area contributed by atoms with Crippen LogP contribution in [0.2, 0.25) is 10.0 Å². The van der Waals surface area contributed by atoms with Gasteiger partial charge in [0.1, 0.15) is 41.8 Å². The zero-order valence-electron chi connectivity index (χ0n) is 38.5. The molecule has 0 bridgehead atoms. The van der Waals surface area contributed by atoms with Crippen LogP contribution in [0.1, 0.15) is 63.3 Å². The maximum atomic E-state index is 12.8. The molecule has 21 nitrogen and oxygen atoms in total. The first kappa shape index (κ1) is 60.6. The molecule has 0 saturated carbocycles. The van der Waals surface area contributed by atoms with Crippen LogP contribution < -0.4 is 49.2 Å². The fourth-order valence-corrected chi connectivity index (χ4v) is 8.31. The second-order valence-corrected chi connectivity index (χ2v) is 19.3. The predicted molar refractivity (Wildman–Crippen MR) is 287 cm³/mol. The molecule has 7 rings (SSSR count). The van der Waals surface area contributed by atoms with E-state index in [1.54, 1.807) is 80.6 Å². The van der Waals surface area contributed by atoms with Crippen LogP contribution in [0.25, 0.3) is 0 Å². The number of rotatable bonds is 12. The van der Waals surface area contributed by atoms with Crippen molar-refractivity contribution in [3.8, 4) is 5.75 Å². The number of anilines is 4. The van der Waals surface area contributed by atoms with E-state index in [4.69, 9.17) is 57.6 Å². The van der Waals surface area contributed by atoms with Crippen molar-refractivity contribution in [2.24, 2.45) is 34.1 Å². The van der Waals surface area contributed by atoms with Gasteiger partial charge in [-0.05, 0) is 121 Å². The zero-order chi connectivity index (χ0) is 51.0. The number of carbonyl (C=O) groups excluding carboxylic acids is 2. The molecule has 2 fully saturated rings. The van der Waals surface area contributed by atoms with Gasteiger partial charge in [-0.15, -0.1) is 0 Å². The molecule has 5 aromatic rings. The maximum absolute atomic E-state index is 12.8. The van der Waals surface area contributed by atoms with E-state index >= 15 is 0 Å². The molecule has 0 radical (unpaired) electrons. The minimum Gasteiger partial charge on any atom is -0.423 e. The fraction of sp³-hybridized carbons (Fsp3) is 0.391. The van der Waals surface area contributed by atoms with E-state index in [1.165, 1.54) is 28.2 Å². The van der Waals surface area contributed by atoms with Gasteiger partial charge in [-0.1, -0.05) is 56.3 Å². The number of hydroxylamine groups is 1. The molecule has 4 heterocycles. The number of amides is 1. The van der Waals surface area contributed by atoms with E-state index in [-0.39, 0.29) is 62.2 Å². The van der Waals surface area contributed by atoms with Crippen molar-refractivity contribution >= 4 is 103 Å². The van der Waals surface area contributed by atoms with Crippen molar-refractivity contribution in [3.05, 3.63) is 137 Å². The lowest BCUT2D eigenvalue weighted by Gasteiger charge is -2.18. The normalized spacial score (nSPS) is 16.2. The molecule has 5 N–H and O–H groups in total. The Labute approximate surface area is 446 Å². The lowest BCUT2D eigenvalue weighted by Crippen LogP contribution is -2.44. The van der Waals surface area contributed by atoms with Crippen LogP contribution in [0, 0.1) is 7.14 Å². The molecule has 0 spiro atoms. The first-order valence-electron chi connectivity index (χ1n) is 20.6. The lowest BCUT2D eigenvalue weighted by molar-refractivity contribution is -0.147. The number of hydrogen-bond donors (Lipinski definition) is 4. The Morgan fingerprint density at radius 2 is 1.13 bits per heavy atom. The molecule has 388 valence electrons. The summed E-state index contributed by atoms with van der Waals surface area (Å²) in [4.78, 5) is 85.5. The van der Waals surface area contributed by atoms with Gasteiger partial charge < -0.3 is 39.2 Å². The highest BCUT2D eigenvalue weighted by molar-refractivity contribution is 14.1. The number of carbonyl (C=O) groups is 2. The number of nitrogens with one attached hydrogen (secondary N) is 3. The number of para-hydroxylation sites is 1. The third-order valence-corrected chi connectivity index (χ3v) is 11.9. The monoisotopic (exact) mass is 1250 g/mol. The standard InChI is InChI=1S/C19H22ClIN4O6.C19H15ClIN3O4.C6H13NO3.2CH4/c1-19(2)29-8-11(31-19)9-30-23-16(26)14-15(24(3)18(28)25(4)17(14)27)22-13-6-5-10(21)7-12(13)20;1-23-16(22-14-9-8-11(21)10-13(14)20)15(17(25)24(2)19(23)27)18(26)28-12-6-4-3-5-7-12;1-6(2)8-3-5(10-6)4-9-7;;/h5-7,11,22H,8-9H2,1-4H3,(H,23,26);3-10,22H,1-2H3;5H,3-4,7H2,1-2H3;2*1H4/t11-;;5-;;/m1.1../s1. The SMILES string of the molecule is C.C.CC1(C)OC[C@H](CON)O1.Cn1c(Nc2ccc(I)cc2Cl)c(C(=O)NOC[C@H]2COC(C)(C)O2)c(=O)n(C)c1=O.Cn1c(Nc2ccc(I)cc2Cl)c(C(=O)Oc2ccccc2)c(=O)n(C)c1=O. The van der Waals surface area contributed by atoms with Gasteiger partial charge in [-0.2, -0.15) is 0 Å². The summed E-state index contributed by atoms with van der Waals surface area (Å²) in [5.74, 6) is 2.22. The quantitative estimate of drug-likeness (QED) is 0.0450. The number of benzene rings is 3. The molecule has 2 aromatic heterocycles. The molecule has 71 heavy (non-hydrogen) atoms. The summed E-state index contributed by atoms with van der Waals surface area (Å²) >= 11 is 16.7. The Kier molecular flexibility index (Phi) is 22.5. The fourth-order valence-electron chi connectivity index (χ4n) is 6.50. The lowest BCUT2D eigenvalue weighted by atomic mass is 10.2. The van der Waals surface area contributed by atoms with E-state index in [0.29, 0.717) is 41.2 Å². The number of nitrogens with two attached hydrogens (primary N) is 1. The van der Waals surface area contributed by atoms with E-state index in [9.17, 15) is 28.8 Å². The number of hydrogen-bond acceptors (Lipinski definition) is 16. The van der Waals surface area contributed by atoms with E-state index < -0.39 is 45.9 Å². The van der Waals surface area contributed by atoms with Crippen molar-refractivity contribution in [3.63, 3.8) is 0 Å². The third kappa shape index (κ3) is 15.9. The largest absolute Gasteiger partial charge is 0.423 e. The number of nitrogens with zero attached hydrogens (tertiary/aromatic N) is 4. The Morgan fingerprint density at radius 3 is 1.55 bits per heavy atom. The summed E-state index contributed by atoms with van der Waals surface area (Å²) in [6.07, 6.45) is -0.388. The van der Waals surface area contributed by atoms with Gasteiger partial charge in [0.25, 0.3) is 17.0 Å². The van der Waals surface area contributed by atoms with Crippen LogP contribution in [0.3, 0.4) is 0 Å². The van der Waals surface area contributed by atoms with Crippen LogP contribution in [0.15, 0.2) is 85.9 Å². The molecule has 2 aliphatic rings. The topological polar surface area (TPSA) is 249 Å². The van der Waals surface area contributed by atoms with Gasteiger partial charge in [0, 0.05) is 35.3 Å². The van der Waals surface area contributed by atoms with Crippen LogP contribution in [-0.4, -0.2) is 80.4 Å². The molecule has 2 atom stereocenters. The van der Waals surface area contributed by atoms with Gasteiger partial charge >= 0.3 is 17.3 Å². The molecule has 1 amide bonds. The summed E-state index contributed by atoms with van der Waals surface area (Å²) in [5.41, 5.74) is -0.243. The predicted octanol–water partition coefficient (Wildman–Crippen LogP) is 6.50. The molecular weight excluding hydrogens is 1200 g/mol. The smallest absolute Gasteiger partial charge is 0.352 e. The van der Waals surface area contributed by atoms with Crippen molar-refractivity contribution in [1.82, 2.24) is 23.7 Å². The first-order valence-corrected chi connectivity index (χ1v) is 23.5. The minimum absolute atomic E-state index is 0. The summed E-state index contributed by atoms with van der Waals surface area (Å²) in [7, 11) is 5.47. The second kappa shape index (κ2) is 26.3. The molecule has 0 unspecified atom stereocenters. The third-order valence-electron chi connectivity index (χ3n) is 9.93. The summed E-state index contributed by atoms with van der Waals surface area (Å²) in [5, 5.41) is 6.59. The van der Waals surface area contributed by atoms with Crippen molar-refractivity contribution in [1.29, 1.82) is 0 Å². The molecule has 3 aromatic carbocycles. The van der Waals surface area contributed by atoms with Crippen molar-refractivity contribution in [2.45, 2.75) is 66.3 Å². The molecule has 0 aliphatic carbocycles. The number of halogens is 4. The van der Waals surface area contributed by atoms with Crippen LogP contribution >= 0.6 is 68.4 Å². The molecule has 25 heteroatoms. The molecule has 2 aliphatic heterocycles. The Morgan fingerprint density at radius 1 is 0.690 bits per heavy atom. The van der Waals surface area contributed by atoms with E-state index in [2.05, 4.69) is 66.1 Å². The first-order chi connectivity index (χ1) is 32.4. The van der Waals surface area contributed by atoms with Gasteiger partial charge in [0.2, 0.25) is 0 Å². The van der Waals surface area contributed by atoms with Gasteiger partial charge in [-0.25, -0.2) is 25.8 Å². The summed E-state index contributed by atoms with van der Waals surface area (Å²) < 4.78 is 32.8. The highest BCUT2D eigenvalue weighted by Crippen LogP contribution is 2.30. The van der Waals surface area contributed by atoms with Gasteiger partial charge in [-0.3, -0.25) is 37.5 Å². The van der Waals surface area contributed by atoms with Crippen molar-refractivity contribution < 1.29 is 42.9 Å². The van der Waals surface area contributed by atoms with Crippen LogP contribution in [0.4, 0.5) is 23.0 Å². The second-order valence-electron chi connectivity index (χ2n) is 16.0. The number of aromatic nitrogens is 4. The van der Waals surface area contributed by atoms with Gasteiger partial charge in [0.05, 0.1) is 41.2 Å². The molecular formula is C46H58Cl2I2N8O13. The Balaban J connectivity index is 0.000000308. The van der Waals surface area contributed by atoms with E-state index in [0.717, 1.165) is 25.4 Å².